The molecule has 0 bridgehead atoms. The molecule has 0 N–H and O–H groups in total. The van der Waals surface area contributed by atoms with Gasteiger partial charge >= 0.3 is 0 Å². The van der Waals surface area contributed by atoms with Crippen molar-refractivity contribution in [3.8, 4) is 5.75 Å². The maximum atomic E-state index is 12.5. The summed E-state index contributed by atoms with van der Waals surface area (Å²) in [5, 5.41) is 1.53. The van der Waals surface area contributed by atoms with Crippen LogP contribution >= 0.6 is 0 Å². The third-order valence-corrected chi connectivity index (χ3v) is 7.57. The smallest absolute Gasteiger partial charge is 0.152 e. The second kappa shape index (κ2) is 8.99. The van der Waals surface area contributed by atoms with Crippen LogP contribution in [0.15, 0.2) is 40.8 Å². The number of methoxy groups -OCH3 is 1. The third-order valence-electron chi connectivity index (χ3n) is 5.27. The molecule has 0 aliphatic carbocycles. The highest BCUT2D eigenvalue weighted by atomic mass is 32.2. The summed E-state index contributed by atoms with van der Waals surface area (Å²) in [7, 11) is -1.39. The molecule has 2 aromatic carbocycles. The maximum absolute atomic E-state index is 12.5. The first-order valence-electron chi connectivity index (χ1n) is 10.0. The van der Waals surface area contributed by atoms with Gasteiger partial charge in [-0.25, -0.2) is 8.42 Å². The lowest BCUT2D eigenvalue weighted by Gasteiger charge is -2.10. The number of furan rings is 1. The second-order valence-corrected chi connectivity index (χ2v) is 10.3. The van der Waals surface area contributed by atoms with Gasteiger partial charge in [-0.05, 0) is 38.8 Å². The van der Waals surface area contributed by atoms with Gasteiger partial charge in [-0.15, -0.1) is 0 Å². The van der Waals surface area contributed by atoms with Crippen LogP contribution in [0.4, 0.5) is 0 Å². The number of hydrogen-bond acceptors (Lipinski definition) is 5. The number of sulfone groups is 1. The Hall–Kier alpha value is -2.34. The van der Waals surface area contributed by atoms with E-state index in [1.54, 1.807) is 21.0 Å². The molecule has 0 aliphatic rings. The van der Waals surface area contributed by atoms with Gasteiger partial charge in [0.15, 0.2) is 9.84 Å². The molecule has 29 heavy (non-hydrogen) atoms. The van der Waals surface area contributed by atoms with E-state index in [-0.39, 0.29) is 16.8 Å². The van der Waals surface area contributed by atoms with Crippen molar-refractivity contribution in [2.45, 2.75) is 51.2 Å². The molecule has 1 aromatic heterocycles. The molecule has 0 spiro atoms. The first kappa shape index (κ1) is 21.4. The van der Waals surface area contributed by atoms with E-state index in [2.05, 4.69) is 0 Å². The number of carbonyl (C=O) groups excluding carboxylic acids is 1. The molecule has 156 valence electrons. The minimum absolute atomic E-state index is 0.127. The molecular formula is C23H28O5S. The summed E-state index contributed by atoms with van der Waals surface area (Å²) < 4.78 is 35.2. The fraction of sp³-hybridized carbons (Fsp3) is 0.435. The number of para-hydroxylation sites is 1. The Labute approximate surface area is 172 Å². The van der Waals surface area contributed by atoms with Crippen LogP contribution < -0.4 is 4.74 Å². The molecule has 0 atom stereocenters. The first-order valence-corrected chi connectivity index (χ1v) is 11.8. The lowest BCUT2D eigenvalue weighted by Crippen LogP contribution is -2.17. The van der Waals surface area contributed by atoms with E-state index in [1.807, 2.05) is 36.4 Å². The normalized spacial score (nSPS) is 12.1. The first-order chi connectivity index (χ1) is 13.8. The zero-order valence-corrected chi connectivity index (χ0v) is 18.1. The van der Waals surface area contributed by atoms with E-state index in [0.717, 1.165) is 33.9 Å². The summed E-state index contributed by atoms with van der Waals surface area (Å²) >= 11 is 0. The summed E-state index contributed by atoms with van der Waals surface area (Å²) in [6, 6.07) is 11.6. The van der Waals surface area contributed by atoms with Gasteiger partial charge in [-0.1, -0.05) is 30.7 Å². The molecule has 1 heterocycles. The lowest BCUT2D eigenvalue weighted by atomic mass is 10.0. The van der Waals surface area contributed by atoms with Crippen molar-refractivity contribution in [2.75, 3.05) is 12.9 Å². The van der Waals surface area contributed by atoms with E-state index in [4.69, 9.17) is 9.15 Å². The predicted molar refractivity (Wildman–Crippen MR) is 116 cm³/mol. The van der Waals surface area contributed by atoms with E-state index in [1.165, 1.54) is 0 Å². The van der Waals surface area contributed by atoms with Crippen molar-refractivity contribution in [1.82, 2.24) is 0 Å². The number of Topliss-reactive ketones (excluding diaryl/α,β-unsaturated/α-hetero) is 1. The molecular weight excluding hydrogens is 388 g/mol. The number of ether oxygens (including phenoxy) is 1. The van der Waals surface area contributed by atoms with Crippen molar-refractivity contribution in [1.29, 1.82) is 0 Å². The molecule has 0 saturated carbocycles. The number of benzene rings is 2. The van der Waals surface area contributed by atoms with Gasteiger partial charge in [0.05, 0.1) is 23.5 Å². The van der Waals surface area contributed by atoms with Gasteiger partial charge in [0, 0.05) is 23.8 Å². The monoisotopic (exact) mass is 416 g/mol. The molecule has 0 saturated heterocycles. The molecule has 5 nitrogen and oxygen atoms in total. The third kappa shape index (κ3) is 4.81. The van der Waals surface area contributed by atoms with E-state index < -0.39 is 9.84 Å². The number of fused-ring (bicyclic) bond motifs is 3. The number of hydrogen-bond donors (Lipinski definition) is 0. The number of ketones is 1. The fourth-order valence-corrected chi connectivity index (χ4v) is 4.62. The van der Waals surface area contributed by atoms with Crippen LogP contribution in [0.3, 0.4) is 0 Å². The van der Waals surface area contributed by atoms with Crippen LogP contribution in [-0.2, 0) is 21.1 Å². The van der Waals surface area contributed by atoms with Crippen LogP contribution in [0.1, 0.15) is 45.1 Å². The van der Waals surface area contributed by atoms with Gasteiger partial charge in [0.25, 0.3) is 0 Å². The second-order valence-electron chi connectivity index (χ2n) is 7.67. The molecule has 3 rings (SSSR count). The Morgan fingerprint density at radius 2 is 1.79 bits per heavy atom. The van der Waals surface area contributed by atoms with E-state index in [9.17, 15) is 13.2 Å². The molecule has 0 radical (unpaired) electrons. The van der Waals surface area contributed by atoms with Gasteiger partial charge in [-0.3, -0.25) is 4.79 Å². The standard InChI is InChI=1S/C23H28O5S/c1-16(2)29(25,26)14-8-4-5-9-18(24)15-17-12-13-21-22(23(17)27-3)19-10-6-7-11-20(19)28-21/h6-7,10-13,16H,4-5,8-9,14-15H2,1-3H3. The zero-order chi connectivity index (χ0) is 21.0. The largest absolute Gasteiger partial charge is 0.496 e. The Kier molecular flexibility index (Phi) is 6.63. The Morgan fingerprint density at radius 1 is 1.03 bits per heavy atom. The number of unbranched alkanes of at least 4 members (excludes halogenated alkanes) is 2. The number of carbonyl (C=O) groups is 1. The van der Waals surface area contributed by atoms with Crippen LogP contribution in [0.2, 0.25) is 0 Å². The van der Waals surface area contributed by atoms with Crippen molar-refractivity contribution >= 4 is 37.6 Å². The maximum Gasteiger partial charge on any atom is 0.152 e. The molecule has 0 fully saturated rings. The molecule has 6 heteroatoms. The topological polar surface area (TPSA) is 73.6 Å². The minimum Gasteiger partial charge on any atom is -0.496 e. The molecule has 0 aliphatic heterocycles. The van der Waals surface area contributed by atoms with E-state index in [0.29, 0.717) is 31.4 Å². The Balaban J connectivity index is 1.64. The van der Waals surface area contributed by atoms with Crippen LogP contribution in [0.5, 0.6) is 5.75 Å². The highest BCUT2D eigenvalue weighted by Crippen LogP contribution is 2.38. The minimum atomic E-state index is -3.00. The highest BCUT2D eigenvalue weighted by Gasteiger charge is 2.18. The van der Waals surface area contributed by atoms with Gasteiger partial charge in [-0.2, -0.15) is 0 Å². The van der Waals surface area contributed by atoms with Crippen molar-refractivity contribution in [3.63, 3.8) is 0 Å². The quantitative estimate of drug-likeness (QED) is 0.430. The van der Waals surface area contributed by atoms with Gasteiger partial charge < -0.3 is 9.15 Å². The Bertz CT molecular complexity index is 1110. The Morgan fingerprint density at radius 3 is 2.52 bits per heavy atom. The molecule has 3 aromatic rings. The van der Waals surface area contributed by atoms with Crippen molar-refractivity contribution in [2.24, 2.45) is 0 Å². The fourth-order valence-electron chi connectivity index (χ4n) is 3.54. The summed E-state index contributed by atoms with van der Waals surface area (Å²) in [4.78, 5) is 12.5. The van der Waals surface area contributed by atoms with E-state index >= 15 is 0 Å². The van der Waals surface area contributed by atoms with Crippen LogP contribution in [0.25, 0.3) is 21.9 Å². The predicted octanol–water partition coefficient (Wildman–Crippen LogP) is 5.09. The van der Waals surface area contributed by atoms with Crippen LogP contribution in [0, 0.1) is 0 Å². The lowest BCUT2D eigenvalue weighted by molar-refractivity contribution is -0.118. The summed E-state index contributed by atoms with van der Waals surface area (Å²) in [6.07, 6.45) is 2.77. The van der Waals surface area contributed by atoms with Gasteiger partial charge in [0.1, 0.15) is 22.7 Å². The number of rotatable bonds is 10. The van der Waals surface area contributed by atoms with Gasteiger partial charge in [0.2, 0.25) is 0 Å². The molecule has 0 amide bonds. The summed E-state index contributed by atoms with van der Waals surface area (Å²) in [5.74, 6) is 1.00. The molecule has 0 unspecified atom stereocenters. The zero-order valence-electron chi connectivity index (χ0n) is 17.2. The van der Waals surface area contributed by atoms with Crippen molar-refractivity contribution < 1.29 is 22.4 Å². The average Bonchev–Trinajstić information content (AvgIpc) is 3.06. The summed E-state index contributed by atoms with van der Waals surface area (Å²) in [5.41, 5.74) is 2.38. The van der Waals surface area contributed by atoms with Crippen molar-refractivity contribution in [3.05, 3.63) is 42.0 Å². The SMILES string of the molecule is COc1c(CC(=O)CCCCCS(=O)(=O)C(C)C)ccc2oc3ccccc3c12. The average molecular weight is 417 g/mol. The highest BCUT2D eigenvalue weighted by molar-refractivity contribution is 7.91. The summed E-state index contributed by atoms with van der Waals surface area (Å²) in [6.45, 7) is 3.40. The van der Waals surface area contributed by atoms with Crippen LogP contribution in [-0.4, -0.2) is 32.3 Å².